The highest BCUT2D eigenvalue weighted by Gasteiger charge is 2.37. The quantitative estimate of drug-likeness (QED) is 0.621. The maximum absolute atomic E-state index is 11.6. The van der Waals surface area contributed by atoms with E-state index in [-0.39, 0.29) is 12.0 Å². The van der Waals surface area contributed by atoms with Crippen LogP contribution in [0.1, 0.15) is 39.9 Å². The van der Waals surface area contributed by atoms with Gasteiger partial charge in [0.25, 0.3) is 0 Å². The van der Waals surface area contributed by atoms with Crippen molar-refractivity contribution in [1.82, 2.24) is 0 Å². The van der Waals surface area contributed by atoms with E-state index < -0.39 is 0 Å². The molecule has 0 aromatic heterocycles. The van der Waals surface area contributed by atoms with Gasteiger partial charge >= 0.3 is 5.97 Å². The van der Waals surface area contributed by atoms with E-state index in [9.17, 15) is 4.79 Å². The van der Waals surface area contributed by atoms with E-state index in [1.54, 1.807) is 0 Å². The van der Waals surface area contributed by atoms with Crippen LogP contribution in [-0.2, 0) is 4.74 Å². The van der Waals surface area contributed by atoms with Gasteiger partial charge in [0.1, 0.15) is 0 Å². The van der Waals surface area contributed by atoms with Crippen LogP contribution in [0.5, 0.6) is 0 Å². The smallest absolute Gasteiger partial charge is 0.337 e. The molecule has 1 heterocycles. The normalized spacial score (nSPS) is 24.0. The van der Waals surface area contributed by atoms with Crippen LogP contribution in [0.3, 0.4) is 0 Å². The van der Waals surface area contributed by atoms with Crippen LogP contribution in [0, 0.1) is 5.92 Å². The molecule has 0 bridgehead atoms. The molecule has 1 aliphatic carbocycles. The topological polar surface area (TPSA) is 38.3 Å². The molecule has 2 aromatic rings. The number of benzene rings is 2. The first-order chi connectivity index (χ1) is 11.7. The number of rotatable bonds is 2. The number of allylic oxidation sites excluding steroid dienone is 2. The van der Waals surface area contributed by atoms with Crippen molar-refractivity contribution in [3.05, 3.63) is 76.3 Å². The summed E-state index contributed by atoms with van der Waals surface area (Å²) in [6.07, 6.45) is 5.58. The summed E-state index contributed by atoms with van der Waals surface area (Å²) in [6, 6.07) is 13.9. The van der Waals surface area contributed by atoms with Gasteiger partial charge in [-0.1, -0.05) is 35.9 Å². The lowest BCUT2D eigenvalue weighted by molar-refractivity contribution is 0.0600. The molecular weight excluding hydrogens is 322 g/mol. The van der Waals surface area contributed by atoms with Gasteiger partial charge < -0.3 is 10.1 Å². The number of carbonyl (C=O) groups excluding carboxylic acids is 1. The number of nitrogens with one attached hydrogen (secondary N) is 1. The fourth-order valence-electron chi connectivity index (χ4n) is 3.84. The number of anilines is 1. The molecular formula is C20H18ClNO2. The molecule has 4 heteroatoms. The summed E-state index contributed by atoms with van der Waals surface area (Å²) in [5, 5.41) is 4.43. The molecule has 1 aliphatic heterocycles. The van der Waals surface area contributed by atoms with Gasteiger partial charge in [-0.2, -0.15) is 0 Å². The molecule has 0 spiro atoms. The van der Waals surface area contributed by atoms with Crippen molar-refractivity contribution in [2.45, 2.75) is 18.4 Å². The number of esters is 1. The molecule has 2 aliphatic rings. The Bertz CT molecular complexity index is 813. The monoisotopic (exact) mass is 339 g/mol. The van der Waals surface area contributed by atoms with E-state index in [1.165, 1.54) is 18.2 Å². The van der Waals surface area contributed by atoms with Crippen LogP contribution in [0.25, 0.3) is 0 Å². The van der Waals surface area contributed by atoms with Gasteiger partial charge in [-0.15, -0.1) is 0 Å². The third-order valence-electron chi connectivity index (χ3n) is 5.02. The predicted molar refractivity (Wildman–Crippen MR) is 95.6 cm³/mol. The Hall–Kier alpha value is -2.26. The van der Waals surface area contributed by atoms with Crippen molar-refractivity contribution >= 4 is 23.3 Å². The summed E-state index contributed by atoms with van der Waals surface area (Å²) < 4.78 is 4.77. The molecule has 0 saturated heterocycles. The molecule has 4 rings (SSSR count). The molecule has 3 atom stereocenters. The lowest BCUT2D eigenvalue weighted by Gasteiger charge is -2.37. The third-order valence-corrected chi connectivity index (χ3v) is 5.25. The Labute approximate surface area is 146 Å². The van der Waals surface area contributed by atoms with Crippen molar-refractivity contribution in [2.24, 2.45) is 5.92 Å². The first kappa shape index (κ1) is 15.3. The van der Waals surface area contributed by atoms with E-state index in [0.717, 1.165) is 17.1 Å². The molecule has 0 radical (unpaired) electrons. The Balaban J connectivity index is 1.69. The fraction of sp³-hybridized carbons (Fsp3) is 0.250. The average molecular weight is 340 g/mol. The average Bonchev–Trinajstić information content (AvgIpc) is 3.11. The van der Waals surface area contributed by atoms with E-state index in [2.05, 4.69) is 29.6 Å². The summed E-state index contributed by atoms with van der Waals surface area (Å²) in [7, 11) is 1.40. The van der Waals surface area contributed by atoms with Gasteiger partial charge in [0, 0.05) is 16.6 Å². The highest BCUT2D eigenvalue weighted by atomic mass is 35.5. The summed E-state index contributed by atoms with van der Waals surface area (Å²) >= 11 is 6.19. The fourth-order valence-corrected chi connectivity index (χ4v) is 4.02. The second-order valence-corrected chi connectivity index (χ2v) is 6.76. The van der Waals surface area contributed by atoms with Gasteiger partial charge in [-0.3, -0.25) is 0 Å². The number of hydrogen-bond acceptors (Lipinski definition) is 3. The van der Waals surface area contributed by atoms with Crippen molar-refractivity contribution in [2.75, 3.05) is 12.4 Å². The van der Waals surface area contributed by atoms with Crippen molar-refractivity contribution in [3.8, 4) is 0 Å². The summed E-state index contributed by atoms with van der Waals surface area (Å²) in [5.41, 5.74) is 4.16. The molecule has 0 amide bonds. The first-order valence-corrected chi connectivity index (χ1v) is 8.46. The van der Waals surface area contributed by atoms with E-state index in [1.807, 2.05) is 30.3 Å². The summed E-state index contributed by atoms with van der Waals surface area (Å²) in [5.74, 6) is 0.531. The largest absolute Gasteiger partial charge is 0.465 e. The Morgan fingerprint density at radius 2 is 2.00 bits per heavy atom. The minimum absolute atomic E-state index is 0.213. The van der Waals surface area contributed by atoms with Crippen LogP contribution < -0.4 is 5.32 Å². The minimum Gasteiger partial charge on any atom is -0.465 e. The van der Waals surface area contributed by atoms with Gasteiger partial charge in [0.05, 0.1) is 18.7 Å². The number of ether oxygens (including phenoxy) is 1. The van der Waals surface area contributed by atoms with Gasteiger partial charge in [0.2, 0.25) is 0 Å². The SMILES string of the molecule is COC(=O)c1ccc([C@@H]2Nc3ccc(Cl)cc3[C@@H]3C=CC[C@H]32)cc1. The lowest BCUT2D eigenvalue weighted by atomic mass is 9.77. The molecule has 3 nitrogen and oxygen atoms in total. The summed E-state index contributed by atoms with van der Waals surface area (Å²) in [6.45, 7) is 0. The van der Waals surface area contributed by atoms with Gasteiger partial charge in [-0.25, -0.2) is 4.79 Å². The second kappa shape index (κ2) is 5.99. The maximum Gasteiger partial charge on any atom is 0.337 e. The zero-order valence-corrected chi connectivity index (χ0v) is 14.1. The Kier molecular flexibility index (Phi) is 3.81. The predicted octanol–water partition coefficient (Wildman–Crippen LogP) is 4.95. The van der Waals surface area contributed by atoms with E-state index in [0.29, 0.717) is 17.4 Å². The van der Waals surface area contributed by atoms with Gasteiger partial charge in [0.15, 0.2) is 0 Å². The highest BCUT2D eigenvalue weighted by molar-refractivity contribution is 6.30. The summed E-state index contributed by atoms with van der Waals surface area (Å²) in [4.78, 5) is 11.6. The van der Waals surface area contributed by atoms with Crippen LogP contribution in [0.2, 0.25) is 5.02 Å². The van der Waals surface area contributed by atoms with Crippen molar-refractivity contribution in [3.63, 3.8) is 0 Å². The van der Waals surface area contributed by atoms with Crippen molar-refractivity contribution in [1.29, 1.82) is 0 Å². The zero-order valence-electron chi connectivity index (χ0n) is 13.3. The number of halogens is 1. The molecule has 1 N–H and O–H groups in total. The number of fused-ring (bicyclic) bond motifs is 3. The Morgan fingerprint density at radius 3 is 2.75 bits per heavy atom. The van der Waals surface area contributed by atoms with Crippen LogP contribution in [0.4, 0.5) is 5.69 Å². The molecule has 2 aromatic carbocycles. The maximum atomic E-state index is 11.6. The minimum atomic E-state index is -0.307. The number of carbonyl (C=O) groups is 1. The lowest BCUT2D eigenvalue weighted by Crippen LogP contribution is -2.29. The van der Waals surface area contributed by atoms with E-state index in [4.69, 9.17) is 16.3 Å². The third kappa shape index (κ3) is 2.49. The first-order valence-electron chi connectivity index (χ1n) is 8.08. The molecule has 0 saturated carbocycles. The molecule has 0 fully saturated rings. The zero-order chi connectivity index (χ0) is 16.7. The standard InChI is InChI=1S/C20H18ClNO2/c1-24-20(23)13-7-5-12(6-8-13)19-16-4-2-3-15(16)17-11-14(21)9-10-18(17)22-19/h2-3,5-11,15-16,19,22H,4H2,1H3/t15-,16-,19+/m1/s1. The highest BCUT2D eigenvalue weighted by Crippen LogP contribution is 2.50. The second-order valence-electron chi connectivity index (χ2n) is 6.32. The number of hydrogen-bond donors (Lipinski definition) is 1. The van der Waals surface area contributed by atoms with Crippen molar-refractivity contribution < 1.29 is 9.53 Å². The van der Waals surface area contributed by atoms with Crippen LogP contribution in [0.15, 0.2) is 54.6 Å². The molecule has 0 unspecified atom stereocenters. The molecule has 24 heavy (non-hydrogen) atoms. The van der Waals surface area contributed by atoms with E-state index >= 15 is 0 Å². The van der Waals surface area contributed by atoms with Crippen LogP contribution >= 0.6 is 11.6 Å². The molecule has 122 valence electrons. The number of methoxy groups -OCH3 is 1. The Morgan fingerprint density at radius 1 is 1.21 bits per heavy atom. The van der Waals surface area contributed by atoms with Gasteiger partial charge in [-0.05, 0) is 53.8 Å². The van der Waals surface area contributed by atoms with Crippen LogP contribution in [-0.4, -0.2) is 13.1 Å².